The lowest BCUT2D eigenvalue weighted by atomic mass is 9.90. The predicted octanol–water partition coefficient (Wildman–Crippen LogP) is 5.51. The van der Waals surface area contributed by atoms with E-state index in [0.717, 1.165) is 15.8 Å². The Kier molecular flexibility index (Phi) is 6.78. The maximum atomic E-state index is 13.2. The monoisotopic (exact) mass is 501 g/mol. The number of benzene rings is 2. The molecule has 0 saturated carbocycles. The van der Waals surface area contributed by atoms with Crippen molar-refractivity contribution in [2.24, 2.45) is 5.73 Å². The van der Waals surface area contributed by atoms with Gasteiger partial charge >= 0.3 is 18.4 Å². The maximum absolute atomic E-state index is 13.2. The number of H-pyrrole nitrogens is 1. The third kappa shape index (κ3) is 5.36. The molecule has 2 aromatic carbocycles. The Morgan fingerprint density at radius 1 is 1.00 bits per heavy atom. The van der Waals surface area contributed by atoms with Crippen molar-refractivity contribution in [3.05, 3.63) is 65.4 Å². The first-order chi connectivity index (χ1) is 16.2. The molecule has 0 aliphatic rings. The Balaban J connectivity index is 1.97. The molecule has 1 atom stereocenters. The van der Waals surface area contributed by atoms with Crippen molar-refractivity contribution in [1.29, 1.82) is 0 Å². The van der Waals surface area contributed by atoms with Crippen LogP contribution in [-0.2, 0) is 23.6 Å². The molecular weight excluding hydrogens is 480 g/mol. The van der Waals surface area contributed by atoms with Crippen molar-refractivity contribution in [2.45, 2.75) is 38.2 Å². The van der Waals surface area contributed by atoms with Gasteiger partial charge in [0, 0.05) is 30.1 Å². The summed E-state index contributed by atoms with van der Waals surface area (Å²) in [4.78, 5) is 29.3. The number of alkyl halides is 6. The summed E-state index contributed by atoms with van der Waals surface area (Å²) in [5.74, 6) is -1.92. The van der Waals surface area contributed by atoms with Crippen LogP contribution in [0.2, 0.25) is 0 Å². The van der Waals surface area contributed by atoms with Crippen molar-refractivity contribution < 1.29 is 40.7 Å². The first-order valence-corrected chi connectivity index (χ1v) is 10.3. The number of primary amides is 1. The highest BCUT2D eigenvalue weighted by Crippen LogP contribution is 2.38. The number of nitrogens with two attached hydrogens (primary N) is 1. The summed E-state index contributed by atoms with van der Waals surface area (Å²) < 4.78 is 83.8. The quantitative estimate of drug-likeness (QED) is 0.437. The normalized spacial score (nSPS) is 13.9. The molecule has 0 spiro atoms. The molecule has 3 N–H and O–H groups in total. The average molecular weight is 501 g/mol. The van der Waals surface area contributed by atoms with Crippen LogP contribution in [0.25, 0.3) is 10.9 Å². The summed E-state index contributed by atoms with van der Waals surface area (Å²) in [6.07, 6.45) is -10.0. The molecule has 3 aromatic rings. The number of nitrogens with one attached hydrogen (secondary N) is 1. The van der Waals surface area contributed by atoms with E-state index in [2.05, 4.69) is 4.98 Å². The Hall–Kier alpha value is -3.70. The van der Waals surface area contributed by atoms with Crippen molar-refractivity contribution in [1.82, 2.24) is 9.88 Å². The number of hydrogen-bond acceptors (Lipinski definition) is 3. The minimum Gasteiger partial charge on any atom is -0.410 e. The first-order valence-electron chi connectivity index (χ1n) is 10.3. The summed E-state index contributed by atoms with van der Waals surface area (Å²) in [5.41, 5.74) is 1.97. The van der Waals surface area contributed by atoms with Crippen LogP contribution >= 0.6 is 0 Å². The Bertz CT molecular complexity index is 1220. The standard InChI is InChI=1S/C23H21F6N3O3/c1-3-32(21(2,19(30)33)11-13-12-31-18-7-5-4-6-17(13)18)20(34)35-16-9-14(22(24,25)26)8-15(10-16)23(27,28)29/h4-10,12,31H,3,11H2,1-2H3,(H2,30,33). The molecule has 1 unspecified atom stereocenters. The van der Waals surface area contributed by atoms with Gasteiger partial charge in [-0.1, -0.05) is 18.2 Å². The summed E-state index contributed by atoms with van der Waals surface area (Å²) in [5, 5.41) is 0.747. The van der Waals surface area contributed by atoms with Gasteiger partial charge in [0.15, 0.2) is 0 Å². The van der Waals surface area contributed by atoms with Gasteiger partial charge in [0.1, 0.15) is 11.3 Å². The molecule has 188 valence electrons. The third-order valence-corrected chi connectivity index (χ3v) is 5.64. The van der Waals surface area contributed by atoms with Crippen LogP contribution in [-0.4, -0.2) is 34.0 Å². The number of likely N-dealkylation sites (N-methyl/N-ethyl adjacent to an activating group) is 1. The van der Waals surface area contributed by atoms with Gasteiger partial charge in [-0.05, 0) is 43.7 Å². The number of halogens is 6. The second-order valence-electron chi connectivity index (χ2n) is 8.03. The van der Waals surface area contributed by atoms with Crippen molar-refractivity contribution in [3.63, 3.8) is 0 Å². The number of carbonyl (C=O) groups is 2. The molecule has 35 heavy (non-hydrogen) atoms. The second kappa shape index (κ2) is 9.16. The molecule has 1 aromatic heterocycles. The first kappa shape index (κ1) is 25.9. The Morgan fingerprint density at radius 3 is 2.09 bits per heavy atom. The molecule has 0 saturated heterocycles. The lowest BCUT2D eigenvalue weighted by Crippen LogP contribution is -2.59. The summed E-state index contributed by atoms with van der Waals surface area (Å²) in [6.45, 7) is 2.63. The van der Waals surface area contributed by atoms with E-state index in [9.17, 15) is 35.9 Å². The topological polar surface area (TPSA) is 88.4 Å². The molecule has 0 bridgehead atoms. The fourth-order valence-corrected chi connectivity index (χ4v) is 3.79. The molecule has 1 heterocycles. The molecule has 0 aliphatic carbocycles. The molecule has 2 amide bonds. The van der Waals surface area contributed by atoms with Gasteiger partial charge in [0.25, 0.3) is 0 Å². The van der Waals surface area contributed by atoms with Gasteiger partial charge in [0.2, 0.25) is 5.91 Å². The van der Waals surface area contributed by atoms with Crippen molar-refractivity contribution in [3.8, 4) is 5.75 Å². The van der Waals surface area contributed by atoms with Crippen LogP contribution in [0.1, 0.15) is 30.5 Å². The van der Waals surface area contributed by atoms with E-state index in [1.165, 1.54) is 13.8 Å². The lowest BCUT2D eigenvalue weighted by Gasteiger charge is -2.37. The number of aromatic nitrogens is 1. The number of rotatable bonds is 6. The van der Waals surface area contributed by atoms with E-state index in [1.807, 2.05) is 0 Å². The van der Waals surface area contributed by atoms with Crippen LogP contribution in [0.3, 0.4) is 0 Å². The zero-order valence-electron chi connectivity index (χ0n) is 18.6. The summed E-state index contributed by atoms with van der Waals surface area (Å²) in [6, 6.07) is 7.59. The zero-order valence-corrected chi connectivity index (χ0v) is 18.6. The number of aromatic amines is 1. The Labute approximate surface area is 195 Å². The van der Waals surface area contributed by atoms with Crippen LogP contribution in [0.5, 0.6) is 5.75 Å². The summed E-state index contributed by atoms with van der Waals surface area (Å²) >= 11 is 0. The number of fused-ring (bicyclic) bond motifs is 1. The van der Waals surface area contributed by atoms with Crippen molar-refractivity contribution in [2.75, 3.05) is 6.54 Å². The molecule has 12 heteroatoms. The molecule has 3 rings (SSSR count). The van der Waals surface area contributed by atoms with E-state index in [-0.39, 0.29) is 31.2 Å². The highest BCUT2D eigenvalue weighted by Gasteiger charge is 2.42. The van der Waals surface area contributed by atoms with Crippen LogP contribution in [0.4, 0.5) is 31.1 Å². The number of ether oxygens (including phenoxy) is 1. The Morgan fingerprint density at radius 2 is 1.57 bits per heavy atom. The number of nitrogens with zero attached hydrogens (tertiary/aromatic N) is 1. The molecule has 0 fully saturated rings. The zero-order chi connectivity index (χ0) is 26.2. The largest absolute Gasteiger partial charge is 0.416 e. The lowest BCUT2D eigenvalue weighted by molar-refractivity contribution is -0.143. The average Bonchev–Trinajstić information content (AvgIpc) is 3.15. The van der Waals surface area contributed by atoms with E-state index in [0.29, 0.717) is 5.56 Å². The smallest absolute Gasteiger partial charge is 0.410 e. The van der Waals surface area contributed by atoms with Gasteiger partial charge < -0.3 is 15.5 Å². The molecular formula is C23H21F6N3O3. The van der Waals surface area contributed by atoms with Gasteiger partial charge in [-0.3, -0.25) is 9.69 Å². The molecule has 6 nitrogen and oxygen atoms in total. The number of para-hydroxylation sites is 1. The summed E-state index contributed by atoms with van der Waals surface area (Å²) in [7, 11) is 0. The van der Waals surface area contributed by atoms with Gasteiger partial charge in [-0.25, -0.2) is 4.79 Å². The minimum absolute atomic E-state index is 0.0839. The fraction of sp³-hybridized carbons (Fsp3) is 0.304. The van der Waals surface area contributed by atoms with E-state index in [4.69, 9.17) is 10.5 Å². The van der Waals surface area contributed by atoms with Crippen molar-refractivity contribution >= 4 is 22.9 Å². The minimum atomic E-state index is -5.12. The van der Waals surface area contributed by atoms with E-state index in [1.54, 1.807) is 30.5 Å². The number of amides is 2. The highest BCUT2D eigenvalue weighted by molar-refractivity contribution is 5.91. The number of hydrogen-bond donors (Lipinski definition) is 2. The molecule has 0 aliphatic heterocycles. The predicted molar refractivity (Wildman–Crippen MR) is 114 cm³/mol. The van der Waals surface area contributed by atoms with E-state index >= 15 is 0 Å². The van der Waals surface area contributed by atoms with Crippen LogP contribution in [0.15, 0.2) is 48.7 Å². The second-order valence-corrected chi connectivity index (χ2v) is 8.03. The molecule has 0 radical (unpaired) electrons. The fourth-order valence-electron chi connectivity index (χ4n) is 3.79. The number of carbonyl (C=O) groups excluding carboxylic acids is 2. The van der Waals surface area contributed by atoms with Gasteiger partial charge in [-0.2, -0.15) is 26.3 Å². The van der Waals surface area contributed by atoms with Gasteiger partial charge in [-0.15, -0.1) is 0 Å². The van der Waals surface area contributed by atoms with E-state index < -0.39 is 46.8 Å². The highest BCUT2D eigenvalue weighted by atomic mass is 19.4. The van der Waals surface area contributed by atoms with Gasteiger partial charge in [0.05, 0.1) is 11.1 Å². The van der Waals surface area contributed by atoms with Crippen LogP contribution in [0, 0.1) is 0 Å². The third-order valence-electron chi connectivity index (χ3n) is 5.64. The SMILES string of the molecule is CCN(C(=O)Oc1cc(C(F)(F)F)cc(C(F)(F)F)c1)C(C)(Cc1c[nH]c2ccccc12)C(N)=O. The maximum Gasteiger partial charge on any atom is 0.416 e. The van der Waals surface area contributed by atoms with Crippen LogP contribution < -0.4 is 10.5 Å².